The highest BCUT2D eigenvalue weighted by Crippen LogP contribution is 2.50. The predicted octanol–water partition coefficient (Wildman–Crippen LogP) is 0.0331. The minimum Gasteiger partial charge on any atom is -0.492 e. The molecule has 5 N–H and O–H groups in total. The Kier molecular flexibility index (Phi) is 8.00. The highest BCUT2D eigenvalue weighted by atomic mass is 16.7. The monoisotopic (exact) mass is 517 g/mol. The number of nitrogens with one attached hydrogen (secondary N) is 1. The lowest BCUT2D eigenvalue weighted by Gasteiger charge is -2.39. The maximum Gasteiger partial charge on any atom is 0.229 e. The highest BCUT2D eigenvalue weighted by molar-refractivity contribution is 5.83. The zero-order valence-electron chi connectivity index (χ0n) is 20.7. The van der Waals surface area contributed by atoms with Crippen LogP contribution in [0.1, 0.15) is 30.5 Å². The molecule has 6 atom stereocenters. The Morgan fingerprint density at radius 1 is 1.08 bits per heavy atom. The number of aliphatic hydroxyl groups excluding tert-OH is 4. The Bertz CT molecular complexity index is 1220. The van der Waals surface area contributed by atoms with Gasteiger partial charge in [0.1, 0.15) is 24.4 Å². The summed E-state index contributed by atoms with van der Waals surface area (Å²) in [5.41, 5.74) is 2.49. The van der Waals surface area contributed by atoms with Gasteiger partial charge in [-0.25, -0.2) is 0 Å². The second-order valence-electron chi connectivity index (χ2n) is 9.02. The Labute approximate surface area is 213 Å². The molecule has 200 valence electrons. The van der Waals surface area contributed by atoms with Crippen molar-refractivity contribution in [1.82, 2.24) is 5.32 Å². The van der Waals surface area contributed by atoms with Crippen molar-refractivity contribution in [3.8, 4) is 28.4 Å². The number of hydrogen-bond acceptors (Lipinski definition) is 10. The van der Waals surface area contributed by atoms with Crippen LogP contribution in [0, 0.1) is 0 Å². The van der Waals surface area contributed by atoms with Crippen molar-refractivity contribution in [1.29, 1.82) is 0 Å². The van der Waals surface area contributed by atoms with Gasteiger partial charge < -0.3 is 44.7 Å². The molecule has 1 aliphatic carbocycles. The number of carbonyl (C=O) groups excluding carboxylic acids is 1. The number of ether oxygens (including phenoxy) is 4. The van der Waals surface area contributed by atoms with Gasteiger partial charge >= 0.3 is 0 Å². The topological polar surface area (TPSA) is 164 Å². The molecular formula is C26H31NO10. The molecule has 0 bridgehead atoms. The van der Waals surface area contributed by atoms with Crippen molar-refractivity contribution in [2.24, 2.45) is 0 Å². The molecule has 0 radical (unpaired) electrons. The van der Waals surface area contributed by atoms with Gasteiger partial charge in [0.2, 0.25) is 17.9 Å². The standard InChI is InChI=1S/C26H31NO10/c1-12(29)27-17-8-7-13-9-18(36-26-23(33)22(32)21(31)19(11-28)37-26)24(34-2)25(35-3)20(13)15-6-4-5-14(30)10-16(15)17/h4-6,9-10,17,19,21-23,26,28,31-33H,7-8,11H2,1-3H3,(H,27,29)/t17-,19+,21+,22-,23+,26+/m0/s1. The lowest BCUT2D eigenvalue weighted by atomic mass is 9.95. The summed E-state index contributed by atoms with van der Waals surface area (Å²) in [6.07, 6.45) is -6.42. The Morgan fingerprint density at radius 2 is 1.81 bits per heavy atom. The average Bonchev–Trinajstić information content (AvgIpc) is 3.14. The van der Waals surface area contributed by atoms with Crippen LogP contribution >= 0.6 is 0 Å². The summed E-state index contributed by atoms with van der Waals surface area (Å²) >= 11 is 0. The van der Waals surface area contributed by atoms with Gasteiger partial charge in [-0.3, -0.25) is 9.59 Å². The van der Waals surface area contributed by atoms with Crippen molar-refractivity contribution < 1.29 is 44.2 Å². The molecule has 0 unspecified atom stereocenters. The zero-order valence-corrected chi connectivity index (χ0v) is 20.7. The molecular weight excluding hydrogens is 486 g/mol. The molecule has 1 fully saturated rings. The maximum absolute atomic E-state index is 12.4. The number of hydrogen-bond donors (Lipinski definition) is 5. The Morgan fingerprint density at radius 3 is 2.46 bits per heavy atom. The van der Waals surface area contributed by atoms with Crippen LogP contribution in [0.25, 0.3) is 11.1 Å². The molecule has 1 amide bonds. The van der Waals surface area contributed by atoms with Gasteiger partial charge in [0.05, 0.1) is 26.9 Å². The van der Waals surface area contributed by atoms with Gasteiger partial charge in [0.25, 0.3) is 0 Å². The number of aliphatic hydroxyl groups is 4. The van der Waals surface area contributed by atoms with E-state index in [1.165, 1.54) is 33.3 Å². The molecule has 4 rings (SSSR count). The third-order valence-corrected chi connectivity index (χ3v) is 6.64. The summed E-state index contributed by atoms with van der Waals surface area (Å²) in [4.78, 5) is 24.4. The number of carbonyl (C=O) groups is 1. The molecule has 2 aromatic rings. The van der Waals surface area contributed by atoms with Crippen LogP contribution in [0.3, 0.4) is 0 Å². The Balaban J connectivity index is 1.86. The Hall–Kier alpha value is -3.22. The maximum atomic E-state index is 12.4. The zero-order chi connectivity index (χ0) is 26.9. The second kappa shape index (κ2) is 11.0. The molecule has 1 aliphatic heterocycles. The minimum atomic E-state index is -1.62. The number of methoxy groups -OCH3 is 2. The van der Waals surface area contributed by atoms with E-state index in [1.807, 2.05) is 0 Å². The summed E-state index contributed by atoms with van der Waals surface area (Å²) in [5.74, 6) is 0.350. The van der Waals surface area contributed by atoms with E-state index >= 15 is 0 Å². The number of benzene rings is 1. The highest BCUT2D eigenvalue weighted by Gasteiger charge is 2.45. The minimum absolute atomic E-state index is 0.131. The van der Waals surface area contributed by atoms with E-state index in [4.69, 9.17) is 18.9 Å². The van der Waals surface area contributed by atoms with Crippen LogP contribution < -0.4 is 25.0 Å². The lowest BCUT2D eigenvalue weighted by Crippen LogP contribution is -2.60. The summed E-state index contributed by atoms with van der Waals surface area (Å²) < 4.78 is 22.8. The van der Waals surface area contributed by atoms with Gasteiger partial charge in [-0.2, -0.15) is 0 Å². The summed E-state index contributed by atoms with van der Waals surface area (Å²) in [5, 5.41) is 43.2. The molecule has 2 aromatic carbocycles. The van der Waals surface area contributed by atoms with Crippen molar-refractivity contribution in [3.05, 3.63) is 51.7 Å². The van der Waals surface area contributed by atoms with E-state index in [9.17, 15) is 30.0 Å². The fraction of sp³-hybridized carbons (Fsp3) is 0.462. The van der Waals surface area contributed by atoms with Crippen molar-refractivity contribution in [2.75, 3.05) is 20.8 Å². The van der Waals surface area contributed by atoms with E-state index in [2.05, 4.69) is 5.32 Å². The summed E-state index contributed by atoms with van der Waals surface area (Å²) in [6, 6.07) is 7.57. The molecule has 37 heavy (non-hydrogen) atoms. The van der Waals surface area contributed by atoms with Crippen LogP contribution in [0.4, 0.5) is 0 Å². The molecule has 0 aromatic heterocycles. The van der Waals surface area contributed by atoms with E-state index in [0.29, 0.717) is 35.3 Å². The van der Waals surface area contributed by atoms with E-state index in [1.54, 1.807) is 18.2 Å². The number of aryl methyl sites for hydroxylation is 1. The SMILES string of the molecule is COc1c(O[C@@H]2O[C@H](CO)[C@@H](O)[C@H](O)[C@H]2O)cc2c(c1OC)-c1cccc(=O)cc1[C@@H](NC(C)=O)CC2. The third kappa shape index (κ3) is 5.13. The van der Waals surface area contributed by atoms with E-state index < -0.39 is 43.4 Å². The summed E-state index contributed by atoms with van der Waals surface area (Å²) in [7, 11) is 2.86. The van der Waals surface area contributed by atoms with Crippen molar-refractivity contribution in [3.63, 3.8) is 0 Å². The van der Waals surface area contributed by atoms with Crippen LogP contribution in [0.15, 0.2) is 35.1 Å². The van der Waals surface area contributed by atoms with Gasteiger partial charge in [0, 0.05) is 12.5 Å². The van der Waals surface area contributed by atoms with Gasteiger partial charge in [-0.05, 0) is 47.7 Å². The fourth-order valence-corrected chi connectivity index (χ4v) is 4.91. The van der Waals surface area contributed by atoms with Crippen LogP contribution in [0.5, 0.6) is 17.2 Å². The molecule has 0 saturated carbocycles. The molecule has 0 spiro atoms. The van der Waals surface area contributed by atoms with Crippen molar-refractivity contribution >= 4 is 5.91 Å². The molecule has 1 heterocycles. The first kappa shape index (κ1) is 26.8. The number of rotatable bonds is 6. The fourth-order valence-electron chi connectivity index (χ4n) is 4.91. The van der Waals surface area contributed by atoms with E-state index in [-0.39, 0.29) is 22.8 Å². The van der Waals surface area contributed by atoms with Crippen LogP contribution in [-0.4, -0.2) is 77.9 Å². The first-order valence-electron chi connectivity index (χ1n) is 11.9. The first-order valence-corrected chi connectivity index (χ1v) is 11.9. The molecule has 11 heteroatoms. The van der Waals surface area contributed by atoms with Crippen molar-refractivity contribution in [2.45, 2.75) is 56.5 Å². The first-order chi connectivity index (χ1) is 17.7. The van der Waals surface area contributed by atoms with Gasteiger partial charge in [-0.1, -0.05) is 12.1 Å². The van der Waals surface area contributed by atoms with Gasteiger partial charge in [0.15, 0.2) is 16.9 Å². The molecule has 1 saturated heterocycles. The number of fused-ring (bicyclic) bond motifs is 3. The smallest absolute Gasteiger partial charge is 0.229 e. The summed E-state index contributed by atoms with van der Waals surface area (Å²) in [6.45, 7) is 0.810. The quantitative estimate of drug-likeness (QED) is 0.353. The third-order valence-electron chi connectivity index (χ3n) is 6.64. The van der Waals surface area contributed by atoms with Crippen LogP contribution in [-0.2, 0) is 16.0 Å². The molecule has 2 aliphatic rings. The molecule has 11 nitrogen and oxygen atoms in total. The predicted molar refractivity (Wildman–Crippen MR) is 131 cm³/mol. The normalized spacial score (nSPS) is 26.8. The average molecular weight is 518 g/mol. The van der Waals surface area contributed by atoms with E-state index in [0.717, 1.165) is 5.56 Å². The van der Waals surface area contributed by atoms with Crippen LogP contribution in [0.2, 0.25) is 0 Å². The lowest BCUT2D eigenvalue weighted by molar-refractivity contribution is -0.277. The second-order valence-corrected chi connectivity index (χ2v) is 9.02. The largest absolute Gasteiger partial charge is 0.492 e. The van der Waals surface area contributed by atoms with Gasteiger partial charge in [-0.15, -0.1) is 0 Å². The number of amides is 1.